The van der Waals surface area contributed by atoms with Crippen molar-refractivity contribution in [2.45, 2.75) is 283 Å². The molecule has 0 aliphatic carbocycles. The molecule has 0 amide bonds. The van der Waals surface area contributed by atoms with Crippen LogP contribution in [0.5, 0.6) is 0 Å². The molecule has 0 rings (SSSR count). The van der Waals surface area contributed by atoms with E-state index in [0.717, 1.165) is 38.5 Å². The quantitative estimate of drug-likeness (QED) is 0.0495. The highest BCUT2D eigenvalue weighted by Gasteiger charge is 2.16. The van der Waals surface area contributed by atoms with Gasteiger partial charge in [0.1, 0.15) is 6.61 Å². The number of carbonyl (C=O) groups excluding carboxylic acids is 2. The zero-order valence-electron chi connectivity index (χ0n) is 36.1. The minimum absolute atomic E-state index is 0.0571. The van der Waals surface area contributed by atoms with Gasteiger partial charge in [-0.1, -0.05) is 251 Å². The predicted octanol–water partition coefficient (Wildman–Crippen LogP) is 15.5. The average Bonchev–Trinajstić information content (AvgIpc) is 3.16. The third kappa shape index (κ3) is 43.5. The molecule has 0 heterocycles. The summed E-state index contributed by atoms with van der Waals surface area (Å²) < 4.78 is 10.6. The molecule has 0 saturated carbocycles. The molecule has 1 N–H and O–H groups in total. The summed E-state index contributed by atoms with van der Waals surface area (Å²) in [5.74, 6) is -0.574. The Hall–Kier alpha value is -1.10. The average molecular weight is 751 g/mol. The van der Waals surface area contributed by atoms with E-state index >= 15 is 0 Å². The number of hydrogen-bond donors (Lipinski definition) is 1. The molecular weight excluding hydrogens is 657 g/mol. The molecule has 1 unspecified atom stereocenters. The van der Waals surface area contributed by atoms with Crippen LogP contribution in [0.3, 0.4) is 0 Å². The van der Waals surface area contributed by atoms with Crippen LogP contribution in [0.2, 0.25) is 0 Å². The van der Waals surface area contributed by atoms with Gasteiger partial charge in [0.25, 0.3) is 0 Å². The van der Waals surface area contributed by atoms with Gasteiger partial charge in [-0.2, -0.15) is 0 Å². The minimum Gasteiger partial charge on any atom is -0.462 e. The van der Waals surface area contributed by atoms with Crippen LogP contribution in [0, 0.1) is 0 Å². The second kappa shape index (κ2) is 45.3. The van der Waals surface area contributed by atoms with Crippen LogP contribution in [0.4, 0.5) is 0 Å². The van der Waals surface area contributed by atoms with Gasteiger partial charge >= 0.3 is 11.9 Å². The summed E-state index contributed by atoms with van der Waals surface area (Å²) in [7, 11) is 0. The molecule has 5 heteroatoms. The Labute approximate surface area is 331 Å². The lowest BCUT2D eigenvalue weighted by atomic mass is 10.0. The first-order valence-corrected chi connectivity index (χ1v) is 24.1. The van der Waals surface area contributed by atoms with Gasteiger partial charge in [0.2, 0.25) is 0 Å². The van der Waals surface area contributed by atoms with E-state index in [4.69, 9.17) is 9.47 Å². The van der Waals surface area contributed by atoms with Crippen molar-refractivity contribution >= 4 is 11.9 Å². The highest BCUT2D eigenvalue weighted by Crippen LogP contribution is 2.17. The largest absolute Gasteiger partial charge is 0.462 e. The first-order chi connectivity index (χ1) is 26.1. The molecule has 0 aromatic carbocycles. The van der Waals surface area contributed by atoms with Gasteiger partial charge in [0, 0.05) is 12.8 Å². The standard InChI is InChI=1S/C48H94O5/c1-3-5-7-9-11-13-15-16-17-18-19-20-21-22-23-24-25-26-27-28-29-30-31-32-33-35-37-39-41-43-48(51)53-46(44-49)45-52-47(50)42-40-38-36-34-14-12-10-8-6-4-2/h46,49H,3-45H2,1-2H3. The number of unbranched alkanes of at least 4 members (excludes halogenated alkanes) is 37. The molecule has 0 radical (unpaired) electrons. The maximum Gasteiger partial charge on any atom is 0.306 e. The summed E-state index contributed by atoms with van der Waals surface area (Å²) in [6.07, 6.45) is 52.1. The van der Waals surface area contributed by atoms with Crippen LogP contribution < -0.4 is 0 Å². The first kappa shape index (κ1) is 51.9. The summed E-state index contributed by atoms with van der Waals surface area (Å²) in [6, 6.07) is 0. The van der Waals surface area contributed by atoms with Crippen molar-refractivity contribution in [3.05, 3.63) is 0 Å². The van der Waals surface area contributed by atoms with Gasteiger partial charge in [-0.15, -0.1) is 0 Å². The second-order valence-electron chi connectivity index (χ2n) is 16.6. The van der Waals surface area contributed by atoms with Crippen LogP contribution in [0.15, 0.2) is 0 Å². The third-order valence-corrected chi connectivity index (χ3v) is 11.2. The fraction of sp³-hybridized carbons (Fsp3) is 0.958. The van der Waals surface area contributed by atoms with Gasteiger partial charge in [-0.3, -0.25) is 9.59 Å². The van der Waals surface area contributed by atoms with Gasteiger partial charge in [-0.05, 0) is 12.8 Å². The summed E-state index contributed by atoms with van der Waals surface area (Å²) in [5.41, 5.74) is 0. The van der Waals surface area contributed by atoms with Crippen molar-refractivity contribution in [3.8, 4) is 0 Å². The van der Waals surface area contributed by atoms with E-state index in [1.165, 1.54) is 212 Å². The predicted molar refractivity (Wildman–Crippen MR) is 229 cm³/mol. The van der Waals surface area contributed by atoms with Crippen molar-refractivity contribution in [2.24, 2.45) is 0 Å². The first-order valence-electron chi connectivity index (χ1n) is 24.1. The van der Waals surface area contributed by atoms with E-state index < -0.39 is 6.10 Å². The van der Waals surface area contributed by atoms with Crippen molar-refractivity contribution in [2.75, 3.05) is 13.2 Å². The zero-order valence-corrected chi connectivity index (χ0v) is 36.1. The Morgan fingerprint density at radius 2 is 0.585 bits per heavy atom. The van der Waals surface area contributed by atoms with Crippen molar-refractivity contribution in [1.29, 1.82) is 0 Å². The normalized spacial score (nSPS) is 12.0. The number of carbonyl (C=O) groups is 2. The Morgan fingerprint density at radius 3 is 0.830 bits per heavy atom. The number of ether oxygens (including phenoxy) is 2. The monoisotopic (exact) mass is 751 g/mol. The minimum atomic E-state index is -0.761. The van der Waals surface area contributed by atoms with E-state index in [1.54, 1.807) is 0 Å². The maximum absolute atomic E-state index is 12.2. The Kier molecular flexibility index (Phi) is 44.4. The fourth-order valence-electron chi connectivity index (χ4n) is 7.50. The topological polar surface area (TPSA) is 72.8 Å². The molecule has 0 aromatic heterocycles. The molecule has 0 spiro atoms. The molecule has 0 aromatic rings. The number of hydrogen-bond acceptors (Lipinski definition) is 5. The van der Waals surface area contributed by atoms with Gasteiger partial charge < -0.3 is 14.6 Å². The fourth-order valence-corrected chi connectivity index (χ4v) is 7.50. The lowest BCUT2D eigenvalue weighted by Crippen LogP contribution is -2.28. The highest BCUT2D eigenvalue weighted by molar-refractivity contribution is 5.70. The second-order valence-corrected chi connectivity index (χ2v) is 16.6. The van der Waals surface area contributed by atoms with Crippen LogP contribution in [-0.4, -0.2) is 36.4 Å². The molecule has 1 atom stereocenters. The molecule has 5 nitrogen and oxygen atoms in total. The number of aliphatic hydroxyl groups is 1. The highest BCUT2D eigenvalue weighted by atomic mass is 16.6. The summed E-state index contributed by atoms with van der Waals surface area (Å²) in [5, 5.41) is 9.57. The lowest BCUT2D eigenvalue weighted by molar-refractivity contribution is -0.161. The van der Waals surface area contributed by atoms with Crippen LogP contribution >= 0.6 is 0 Å². The van der Waals surface area contributed by atoms with E-state index in [0.29, 0.717) is 12.8 Å². The van der Waals surface area contributed by atoms with Crippen LogP contribution in [0.25, 0.3) is 0 Å². The molecule has 0 fully saturated rings. The van der Waals surface area contributed by atoms with E-state index in [2.05, 4.69) is 13.8 Å². The lowest BCUT2D eigenvalue weighted by Gasteiger charge is -2.15. The molecule has 0 aliphatic rings. The Balaban J connectivity index is 3.36. The van der Waals surface area contributed by atoms with Crippen LogP contribution in [-0.2, 0) is 19.1 Å². The van der Waals surface area contributed by atoms with Gasteiger partial charge in [0.05, 0.1) is 6.61 Å². The molecule has 0 saturated heterocycles. The van der Waals surface area contributed by atoms with Gasteiger partial charge in [0.15, 0.2) is 6.10 Å². The number of aliphatic hydroxyl groups excluding tert-OH is 1. The molecule has 0 aliphatic heterocycles. The summed E-state index contributed by atoms with van der Waals surface area (Å²) >= 11 is 0. The maximum atomic E-state index is 12.2. The molecule has 53 heavy (non-hydrogen) atoms. The van der Waals surface area contributed by atoms with Crippen molar-refractivity contribution in [1.82, 2.24) is 0 Å². The van der Waals surface area contributed by atoms with E-state index in [9.17, 15) is 14.7 Å². The van der Waals surface area contributed by atoms with Crippen LogP contribution in [0.1, 0.15) is 277 Å². The van der Waals surface area contributed by atoms with E-state index in [-0.39, 0.29) is 25.2 Å². The van der Waals surface area contributed by atoms with E-state index in [1.807, 2.05) is 0 Å². The summed E-state index contributed by atoms with van der Waals surface area (Å²) in [4.78, 5) is 24.3. The zero-order chi connectivity index (χ0) is 38.6. The summed E-state index contributed by atoms with van der Waals surface area (Å²) in [6.45, 7) is 4.16. The van der Waals surface area contributed by atoms with Gasteiger partial charge in [-0.25, -0.2) is 0 Å². The molecular formula is C48H94O5. The van der Waals surface area contributed by atoms with Crippen molar-refractivity contribution in [3.63, 3.8) is 0 Å². The Bertz CT molecular complexity index is 725. The SMILES string of the molecule is CCCCCCCCCCCCCCCCCCCCCCCCCCCCCCCC(=O)OC(CO)COC(=O)CCCCCCCCCCCC. The third-order valence-electron chi connectivity index (χ3n) is 11.2. The number of esters is 2. The molecule has 316 valence electrons. The van der Waals surface area contributed by atoms with Crippen molar-refractivity contribution < 1.29 is 24.2 Å². The number of rotatable bonds is 45. The smallest absolute Gasteiger partial charge is 0.306 e. The molecule has 0 bridgehead atoms. The Morgan fingerprint density at radius 1 is 0.358 bits per heavy atom.